The molecule has 3 aromatic rings. The average molecular weight is 394 g/mol. The molecule has 148 valence electrons. The highest BCUT2D eigenvalue weighted by atomic mass is 19.3. The third kappa shape index (κ3) is 4.73. The molecule has 0 aliphatic rings. The van der Waals surface area contributed by atoms with Gasteiger partial charge < -0.3 is 0 Å². The zero-order chi connectivity index (χ0) is 20.9. The number of aryl methyl sites for hydroxylation is 1. The number of hydrazine groups is 1. The minimum atomic E-state index is -3.80. The van der Waals surface area contributed by atoms with Crippen LogP contribution >= 0.6 is 0 Å². The molecule has 0 bridgehead atoms. The maximum Gasteiger partial charge on any atom is 0.330 e. The van der Waals surface area contributed by atoms with Crippen LogP contribution in [0.1, 0.15) is 37.9 Å². The molecule has 0 aromatic heterocycles. The second-order valence-electron chi connectivity index (χ2n) is 6.63. The van der Waals surface area contributed by atoms with Crippen molar-refractivity contribution in [1.29, 1.82) is 0 Å². The number of hydrogen-bond acceptors (Lipinski definition) is 3. The minimum absolute atomic E-state index is 0.106. The molecular weight excluding hydrogens is 374 g/mol. The normalized spacial score (nSPS) is 12.2. The van der Waals surface area contributed by atoms with E-state index in [1.165, 1.54) is 36.4 Å². The highest BCUT2D eigenvalue weighted by molar-refractivity contribution is 6.02. The molecule has 1 atom stereocenters. The van der Waals surface area contributed by atoms with Crippen LogP contribution in [0.25, 0.3) is 0 Å². The van der Waals surface area contributed by atoms with E-state index in [1.807, 2.05) is 6.92 Å². The fraction of sp³-hybridized carbons (Fsp3) is 0.130. The van der Waals surface area contributed by atoms with Gasteiger partial charge in [0, 0.05) is 11.1 Å². The SMILES string of the molecule is Cc1ccc([C@H](NNC(=O)c2ccccc2)C(F)(F)C(=O)c2ccccc2)cc1. The number of alkyl halides is 2. The second-order valence-corrected chi connectivity index (χ2v) is 6.63. The van der Waals surface area contributed by atoms with Gasteiger partial charge in [-0.15, -0.1) is 0 Å². The van der Waals surface area contributed by atoms with Crippen molar-refractivity contribution in [3.63, 3.8) is 0 Å². The first-order valence-electron chi connectivity index (χ1n) is 9.04. The number of nitrogens with one attached hydrogen (secondary N) is 2. The number of halogens is 2. The van der Waals surface area contributed by atoms with Crippen LogP contribution in [0, 0.1) is 6.92 Å². The van der Waals surface area contributed by atoms with Gasteiger partial charge >= 0.3 is 5.92 Å². The van der Waals surface area contributed by atoms with Crippen LogP contribution < -0.4 is 10.9 Å². The molecule has 3 rings (SSSR count). The van der Waals surface area contributed by atoms with Gasteiger partial charge in [-0.25, -0.2) is 5.43 Å². The number of benzene rings is 3. The monoisotopic (exact) mass is 394 g/mol. The first kappa shape index (κ1) is 20.4. The maximum absolute atomic E-state index is 15.2. The Morgan fingerprint density at radius 2 is 1.31 bits per heavy atom. The van der Waals surface area contributed by atoms with Gasteiger partial charge in [0.25, 0.3) is 5.91 Å². The Morgan fingerprint density at radius 3 is 1.86 bits per heavy atom. The highest BCUT2D eigenvalue weighted by Gasteiger charge is 2.48. The molecule has 6 heteroatoms. The van der Waals surface area contributed by atoms with E-state index in [-0.39, 0.29) is 11.1 Å². The summed E-state index contributed by atoms with van der Waals surface area (Å²) in [5.74, 6) is -5.71. The van der Waals surface area contributed by atoms with Crippen molar-refractivity contribution >= 4 is 11.7 Å². The molecule has 2 N–H and O–H groups in total. The molecule has 29 heavy (non-hydrogen) atoms. The molecule has 0 heterocycles. The van der Waals surface area contributed by atoms with Crippen molar-refractivity contribution in [3.05, 3.63) is 107 Å². The van der Waals surface area contributed by atoms with Gasteiger partial charge in [-0.3, -0.25) is 15.0 Å². The summed E-state index contributed by atoms with van der Waals surface area (Å²) in [6.07, 6.45) is 0. The summed E-state index contributed by atoms with van der Waals surface area (Å²) in [6.45, 7) is 1.83. The highest BCUT2D eigenvalue weighted by Crippen LogP contribution is 2.34. The van der Waals surface area contributed by atoms with Crippen LogP contribution in [0.5, 0.6) is 0 Å². The molecule has 0 spiro atoms. The van der Waals surface area contributed by atoms with Gasteiger partial charge in [-0.05, 0) is 24.6 Å². The zero-order valence-electron chi connectivity index (χ0n) is 15.7. The number of ketones is 1. The van der Waals surface area contributed by atoms with Crippen LogP contribution in [0.4, 0.5) is 8.78 Å². The molecule has 0 saturated heterocycles. The fourth-order valence-electron chi connectivity index (χ4n) is 2.85. The zero-order valence-corrected chi connectivity index (χ0v) is 15.7. The standard InChI is InChI=1S/C23H20F2N2O2/c1-16-12-14-17(15-13-16)20(26-27-22(29)19-10-6-3-7-11-19)23(24,25)21(28)18-8-4-2-5-9-18/h2-15,20,26H,1H3,(H,27,29)/t20-/m0/s1. The second kappa shape index (κ2) is 8.75. The lowest BCUT2D eigenvalue weighted by atomic mass is 9.94. The first-order chi connectivity index (χ1) is 13.9. The molecule has 0 radical (unpaired) electrons. The summed E-state index contributed by atoms with van der Waals surface area (Å²) >= 11 is 0. The molecule has 3 aromatic carbocycles. The van der Waals surface area contributed by atoms with Crippen LogP contribution in [0.3, 0.4) is 0 Å². The first-order valence-corrected chi connectivity index (χ1v) is 9.04. The van der Waals surface area contributed by atoms with Crippen molar-refractivity contribution in [2.75, 3.05) is 0 Å². The van der Waals surface area contributed by atoms with Crippen LogP contribution in [0.2, 0.25) is 0 Å². The van der Waals surface area contributed by atoms with E-state index in [2.05, 4.69) is 10.9 Å². The average Bonchev–Trinajstić information content (AvgIpc) is 2.75. The predicted octanol–water partition coefficient (Wildman–Crippen LogP) is 4.49. The topological polar surface area (TPSA) is 58.2 Å². The van der Waals surface area contributed by atoms with Gasteiger partial charge in [0.05, 0.1) is 0 Å². The molecule has 1 amide bonds. The number of amides is 1. The predicted molar refractivity (Wildman–Crippen MR) is 107 cm³/mol. The summed E-state index contributed by atoms with van der Waals surface area (Å²) in [7, 11) is 0. The largest absolute Gasteiger partial charge is 0.330 e. The summed E-state index contributed by atoms with van der Waals surface area (Å²) in [6, 6.07) is 20.2. The fourth-order valence-corrected chi connectivity index (χ4v) is 2.85. The van der Waals surface area contributed by atoms with Gasteiger partial charge in [-0.1, -0.05) is 78.4 Å². The molecule has 0 aliphatic carbocycles. The number of carbonyl (C=O) groups is 2. The van der Waals surface area contributed by atoms with Crippen LogP contribution in [-0.4, -0.2) is 17.6 Å². The molecule has 4 nitrogen and oxygen atoms in total. The van der Waals surface area contributed by atoms with Crippen LogP contribution in [0.15, 0.2) is 84.9 Å². The van der Waals surface area contributed by atoms with E-state index in [9.17, 15) is 9.59 Å². The molecule has 0 unspecified atom stereocenters. The Morgan fingerprint density at radius 1 is 0.793 bits per heavy atom. The smallest absolute Gasteiger partial charge is 0.287 e. The van der Waals surface area contributed by atoms with Crippen molar-refractivity contribution < 1.29 is 18.4 Å². The van der Waals surface area contributed by atoms with Gasteiger partial charge in [0.1, 0.15) is 6.04 Å². The Kier molecular flexibility index (Phi) is 6.14. The number of hydrogen-bond donors (Lipinski definition) is 2. The van der Waals surface area contributed by atoms with Crippen molar-refractivity contribution in [1.82, 2.24) is 10.9 Å². The molecular formula is C23H20F2N2O2. The third-order valence-corrected chi connectivity index (χ3v) is 4.48. The molecule has 0 saturated carbocycles. The summed E-state index contributed by atoms with van der Waals surface area (Å²) in [5.41, 5.74) is 5.94. The Hall–Kier alpha value is -3.38. The Balaban J connectivity index is 1.89. The van der Waals surface area contributed by atoms with E-state index in [0.29, 0.717) is 5.56 Å². The lowest BCUT2D eigenvalue weighted by Crippen LogP contribution is -2.50. The van der Waals surface area contributed by atoms with Crippen LogP contribution in [-0.2, 0) is 0 Å². The van der Waals surface area contributed by atoms with Gasteiger partial charge in [0.2, 0.25) is 5.78 Å². The van der Waals surface area contributed by atoms with Gasteiger partial charge in [-0.2, -0.15) is 8.78 Å². The van der Waals surface area contributed by atoms with Crippen molar-refractivity contribution in [2.45, 2.75) is 18.9 Å². The van der Waals surface area contributed by atoms with E-state index < -0.39 is 23.7 Å². The Labute approximate surface area is 167 Å². The summed E-state index contributed by atoms with van der Waals surface area (Å²) < 4.78 is 30.5. The quantitative estimate of drug-likeness (QED) is 0.459. The van der Waals surface area contributed by atoms with Crippen molar-refractivity contribution in [2.24, 2.45) is 0 Å². The summed E-state index contributed by atoms with van der Waals surface area (Å²) in [4.78, 5) is 24.9. The lowest BCUT2D eigenvalue weighted by molar-refractivity contribution is -0.0194. The third-order valence-electron chi connectivity index (χ3n) is 4.48. The minimum Gasteiger partial charge on any atom is -0.287 e. The lowest BCUT2D eigenvalue weighted by Gasteiger charge is -2.27. The molecule has 0 fully saturated rings. The van der Waals surface area contributed by atoms with Gasteiger partial charge in [0.15, 0.2) is 0 Å². The molecule has 0 aliphatic heterocycles. The number of rotatable bonds is 7. The van der Waals surface area contributed by atoms with Crippen molar-refractivity contribution in [3.8, 4) is 0 Å². The summed E-state index contributed by atoms with van der Waals surface area (Å²) in [5, 5.41) is 0. The van der Waals surface area contributed by atoms with E-state index in [1.54, 1.807) is 48.5 Å². The number of Topliss-reactive ketones (excluding diaryl/α,β-unsaturated/α-hetero) is 1. The van der Waals surface area contributed by atoms with E-state index in [0.717, 1.165) is 5.56 Å². The van der Waals surface area contributed by atoms with E-state index >= 15 is 8.78 Å². The van der Waals surface area contributed by atoms with E-state index in [4.69, 9.17) is 0 Å². The number of carbonyl (C=O) groups excluding carboxylic acids is 2. The Bertz CT molecular complexity index is 975. The maximum atomic E-state index is 15.2.